The average molecular weight is 468 g/mol. The van der Waals surface area contributed by atoms with Crippen molar-refractivity contribution in [2.75, 3.05) is 45.7 Å². The van der Waals surface area contributed by atoms with Crippen LogP contribution < -0.4 is 15.0 Å². The third kappa shape index (κ3) is 4.96. The van der Waals surface area contributed by atoms with Gasteiger partial charge in [0.1, 0.15) is 22.7 Å². The molecule has 1 fully saturated rings. The van der Waals surface area contributed by atoms with Gasteiger partial charge in [0.2, 0.25) is 5.91 Å². The van der Waals surface area contributed by atoms with Gasteiger partial charge < -0.3 is 19.9 Å². The number of ether oxygens (including phenoxy) is 1. The van der Waals surface area contributed by atoms with Gasteiger partial charge in [-0.1, -0.05) is 12.1 Å². The van der Waals surface area contributed by atoms with Crippen molar-refractivity contribution in [2.24, 2.45) is 5.92 Å². The highest BCUT2D eigenvalue weighted by molar-refractivity contribution is 7.18. The first-order chi connectivity index (χ1) is 15.9. The first-order valence-electron chi connectivity index (χ1n) is 11.4. The first kappa shape index (κ1) is 23.4. The Hall–Kier alpha value is -2.71. The number of amides is 1. The van der Waals surface area contributed by atoms with Gasteiger partial charge >= 0.3 is 0 Å². The van der Waals surface area contributed by atoms with E-state index in [0.29, 0.717) is 6.54 Å². The number of nitrogens with zero attached hydrogens (tertiary/aromatic N) is 4. The molecule has 0 unspecified atom stereocenters. The fourth-order valence-corrected chi connectivity index (χ4v) is 5.54. The first-order valence-corrected chi connectivity index (χ1v) is 12.2. The van der Waals surface area contributed by atoms with Gasteiger partial charge in [0.05, 0.1) is 18.5 Å². The molecule has 1 aromatic carbocycles. The van der Waals surface area contributed by atoms with Crippen molar-refractivity contribution in [3.05, 3.63) is 46.6 Å². The molecule has 0 spiro atoms. The molecule has 1 saturated heterocycles. The molecule has 0 radical (unpaired) electrons. The molecule has 1 aliphatic heterocycles. The van der Waals surface area contributed by atoms with E-state index < -0.39 is 0 Å². The van der Waals surface area contributed by atoms with E-state index in [0.717, 1.165) is 53.3 Å². The van der Waals surface area contributed by atoms with Crippen molar-refractivity contribution in [3.8, 4) is 5.75 Å². The predicted octanol–water partition coefficient (Wildman–Crippen LogP) is 3.95. The summed E-state index contributed by atoms with van der Waals surface area (Å²) in [7, 11) is 5.74. The fraction of sp³-hybridized carbons (Fsp3) is 0.480. The molecule has 8 heteroatoms. The quantitative estimate of drug-likeness (QED) is 0.567. The minimum Gasteiger partial charge on any atom is -0.497 e. The van der Waals surface area contributed by atoms with Crippen LogP contribution in [0.4, 0.5) is 5.82 Å². The number of hydrogen-bond donors (Lipinski definition) is 1. The van der Waals surface area contributed by atoms with E-state index in [2.05, 4.69) is 45.0 Å². The smallest absolute Gasteiger partial charge is 0.223 e. The number of thiophene rings is 1. The molecule has 4 rings (SSSR count). The molecule has 1 aliphatic rings. The number of aromatic nitrogens is 2. The lowest BCUT2D eigenvalue weighted by molar-refractivity contribution is -0.125. The lowest BCUT2D eigenvalue weighted by Crippen LogP contribution is -2.43. The number of fused-ring (bicyclic) bond motifs is 1. The third-order valence-electron chi connectivity index (χ3n) is 6.68. The van der Waals surface area contributed by atoms with Crippen molar-refractivity contribution in [1.29, 1.82) is 0 Å². The van der Waals surface area contributed by atoms with E-state index in [-0.39, 0.29) is 17.9 Å². The molecule has 0 bridgehead atoms. The SMILES string of the molecule is COc1cccc([C@@H](CNC(=O)C2CCN(c3ncnc4sc(C)c(C)c34)CC2)N(C)C)c1. The Balaban J connectivity index is 1.37. The topological polar surface area (TPSA) is 70.6 Å². The van der Waals surface area contributed by atoms with E-state index >= 15 is 0 Å². The summed E-state index contributed by atoms with van der Waals surface area (Å²) >= 11 is 1.72. The van der Waals surface area contributed by atoms with Crippen molar-refractivity contribution in [1.82, 2.24) is 20.2 Å². The van der Waals surface area contributed by atoms with E-state index in [9.17, 15) is 4.79 Å². The number of likely N-dealkylation sites (N-methyl/N-ethyl adjacent to an activating group) is 1. The van der Waals surface area contributed by atoms with E-state index in [4.69, 9.17) is 4.74 Å². The number of hydrogen-bond acceptors (Lipinski definition) is 7. The maximum absolute atomic E-state index is 13.0. The Morgan fingerprint density at radius 1 is 1.27 bits per heavy atom. The number of nitrogens with one attached hydrogen (secondary N) is 1. The van der Waals surface area contributed by atoms with Crippen LogP contribution in [0.3, 0.4) is 0 Å². The lowest BCUT2D eigenvalue weighted by atomic mass is 9.95. The number of aryl methyl sites for hydroxylation is 2. The number of benzene rings is 1. The lowest BCUT2D eigenvalue weighted by Gasteiger charge is -2.33. The molecule has 7 nitrogen and oxygen atoms in total. The van der Waals surface area contributed by atoms with Gasteiger partial charge in [-0.2, -0.15) is 0 Å². The summed E-state index contributed by atoms with van der Waals surface area (Å²) in [6, 6.07) is 8.12. The molecule has 3 aromatic rings. The molecule has 2 aromatic heterocycles. The van der Waals surface area contributed by atoms with Gasteiger partial charge in [0, 0.05) is 30.4 Å². The van der Waals surface area contributed by atoms with Gasteiger partial charge in [-0.05, 0) is 64.0 Å². The Kier molecular flexibility index (Phi) is 7.14. The second-order valence-corrected chi connectivity index (χ2v) is 10.1. The molecule has 1 atom stereocenters. The van der Waals surface area contributed by atoms with E-state index in [1.807, 2.05) is 32.3 Å². The van der Waals surface area contributed by atoms with Crippen LogP contribution in [-0.4, -0.2) is 61.6 Å². The Labute approximate surface area is 199 Å². The number of carbonyl (C=O) groups is 1. The summed E-state index contributed by atoms with van der Waals surface area (Å²) in [5, 5.41) is 4.36. The van der Waals surface area contributed by atoms with Crippen LogP contribution in [0.5, 0.6) is 5.75 Å². The van der Waals surface area contributed by atoms with E-state index in [1.165, 1.54) is 10.4 Å². The number of anilines is 1. The number of piperidine rings is 1. The zero-order chi connectivity index (χ0) is 23.5. The molecule has 0 saturated carbocycles. The Morgan fingerprint density at radius 3 is 2.73 bits per heavy atom. The zero-order valence-corrected chi connectivity index (χ0v) is 20.9. The van der Waals surface area contributed by atoms with E-state index in [1.54, 1.807) is 24.8 Å². The van der Waals surface area contributed by atoms with Gasteiger partial charge in [-0.3, -0.25) is 4.79 Å². The Morgan fingerprint density at radius 2 is 2.03 bits per heavy atom. The van der Waals surface area contributed by atoms with Crippen LogP contribution in [0.2, 0.25) is 0 Å². The van der Waals surface area contributed by atoms with Crippen molar-refractivity contribution in [3.63, 3.8) is 0 Å². The minimum absolute atomic E-state index is 0.0250. The maximum atomic E-state index is 13.0. The highest BCUT2D eigenvalue weighted by atomic mass is 32.1. The van der Waals surface area contributed by atoms with Crippen LogP contribution in [-0.2, 0) is 4.79 Å². The highest BCUT2D eigenvalue weighted by Crippen LogP contribution is 2.35. The van der Waals surface area contributed by atoms with Crippen LogP contribution in [0, 0.1) is 19.8 Å². The summed E-state index contributed by atoms with van der Waals surface area (Å²) in [5.74, 6) is 2.00. The van der Waals surface area contributed by atoms with Gasteiger partial charge in [0.25, 0.3) is 0 Å². The molecule has 0 aliphatic carbocycles. The molecule has 1 N–H and O–H groups in total. The number of methoxy groups -OCH3 is 1. The molecule has 3 heterocycles. The average Bonchev–Trinajstić information content (AvgIpc) is 3.12. The second kappa shape index (κ2) is 10.1. The normalized spacial score (nSPS) is 15.8. The standard InChI is InChI=1S/C25H33N5O2S/c1-16-17(2)33-25-22(16)23(27-15-28-25)30-11-9-18(10-12-30)24(31)26-14-21(29(3)4)19-7-6-8-20(13-19)32-5/h6-8,13,15,18,21H,9-12,14H2,1-5H3,(H,26,31)/t21-/m1/s1. The number of rotatable bonds is 7. The zero-order valence-electron chi connectivity index (χ0n) is 20.1. The summed E-state index contributed by atoms with van der Waals surface area (Å²) in [6.45, 7) is 6.50. The summed E-state index contributed by atoms with van der Waals surface area (Å²) in [5.41, 5.74) is 2.39. The number of carbonyl (C=O) groups excluding carboxylic acids is 1. The largest absolute Gasteiger partial charge is 0.497 e. The van der Waals surface area contributed by atoms with Crippen LogP contribution in [0.1, 0.15) is 34.9 Å². The summed E-state index contributed by atoms with van der Waals surface area (Å²) < 4.78 is 5.37. The molecule has 1 amide bonds. The fourth-order valence-electron chi connectivity index (χ4n) is 4.55. The monoisotopic (exact) mass is 467 g/mol. The van der Waals surface area contributed by atoms with Crippen molar-refractivity contribution in [2.45, 2.75) is 32.7 Å². The van der Waals surface area contributed by atoms with Gasteiger partial charge in [-0.15, -0.1) is 11.3 Å². The van der Waals surface area contributed by atoms with Crippen LogP contribution in [0.15, 0.2) is 30.6 Å². The molecule has 176 valence electrons. The van der Waals surface area contributed by atoms with Crippen molar-refractivity contribution < 1.29 is 9.53 Å². The van der Waals surface area contributed by atoms with Gasteiger partial charge in [0.15, 0.2) is 0 Å². The maximum Gasteiger partial charge on any atom is 0.223 e. The van der Waals surface area contributed by atoms with Crippen molar-refractivity contribution >= 4 is 33.3 Å². The van der Waals surface area contributed by atoms with Crippen LogP contribution in [0.25, 0.3) is 10.2 Å². The summed E-state index contributed by atoms with van der Waals surface area (Å²) in [6.07, 6.45) is 3.31. The summed E-state index contributed by atoms with van der Waals surface area (Å²) in [4.78, 5) is 28.8. The molecular formula is C25H33N5O2S. The highest BCUT2D eigenvalue weighted by Gasteiger charge is 2.28. The van der Waals surface area contributed by atoms with Crippen LogP contribution >= 0.6 is 11.3 Å². The third-order valence-corrected chi connectivity index (χ3v) is 7.80. The molecule has 33 heavy (non-hydrogen) atoms. The molecular weight excluding hydrogens is 434 g/mol. The second-order valence-electron chi connectivity index (χ2n) is 8.92. The predicted molar refractivity (Wildman–Crippen MR) is 134 cm³/mol. The van der Waals surface area contributed by atoms with Gasteiger partial charge in [-0.25, -0.2) is 9.97 Å². The Bertz CT molecular complexity index is 1120. The minimum atomic E-state index is 0.0250.